The van der Waals surface area contributed by atoms with Crippen LogP contribution in [0.4, 0.5) is 4.79 Å². The second kappa shape index (κ2) is 6.23. The SMILES string of the molecule is CN(CC1CCCO1)C(=O)NC1CCC(C(=O)O)C1. The summed E-state index contributed by atoms with van der Waals surface area (Å²) in [6.07, 6.45) is 4.14. The first kappa shape index (κ1) is 14.1. The number of likely N-dealkylation sites (N-methyl/N-ethyl adjacent to an activating group) is 1. The van der Waals surface area contributed by atoms with E-state index in [1.54, 1.807) is 11.9 Å². The zero-order valence-corrected chi connectivity index (χ0v) is 11.3. The minimum Gasteiger partial charge on any atom is -0.481 e. The number of hydrogen-bond donors (Lipinski definition) is 2. The molecule has 1 saturated carbocycles. The highest BCUT2D eigenvalue weighted by molar-refractivity contribution is 5.75. The number of carboxylic acid groups (broad SMARTS) is 1. The van der Waals surface area contributed by atoms with Crippen molar-refractivity contribution in [3.8, 4) is 0 Å². The highest BCUT2D eigenvalue weighted by atomic mass is 16.5. The van der Waals surface area contributed by atoms with Crippen LogP contribution in [-0.4, -0.2) is 54.4 Å². The summed E-state index contributed by atoms with van der Waals surface area (Å²) in [5.74, 6) is -1.07. The van der Waals surface area contributed by atoms with E-state index in [0.717, 1.165) is 25.9 Å². The van der Waals surface area contributed by atoms with Crippen LogP contribution < -0.4 is 5.32 Å². The van der Waals surface area contributed by atoms with E-state index in [1.165, 1.54) is 0 Å². The maximum atomic E-state index is 12.0. The largest absolute Gasteiger partial charge is 0.481 e. The number of nitrogens with zero attached hydrogens (tertiary/aromatic N) is 1. The molecule has 108 valence electrons. The Hall–Kier alpha value is -1.30. The molecule has 2 fully saturated rings. The Morgan fingerprint density at radius 1 is 1.37 bits per heavy atom. The van der Waals surface area contributed by atoms with Gasteiger partial charge in [0.25, 0.3) is 0 Å². The number of carbonyl (C=O) groups is 2. The predicted octanol–water partition coefficient (Wildman–Crippen LogP) is 1.06. The average Bonchev–Trinajstić information content (AvgIpc) is 2.99. The minimum absolute atomic E-state index is 0.0134. The number of amides is 2. The molecule has 3 atom stereocenters. The quantitative estimate of drug-likeness (QED) is 0.800. The second-order valence-corrected chi connectivity index (χ2v) is 5.51. The maximum Gasteiger partial charge on any atom is 0.317 e. The summed E-state index contributed by atoms with van der Waals surface area (Å²) in [5.41, 5.74) is 0. The topological polar surface area (TPSA) is 78.9 Å². The first-order chi connectivity index (χ1) is 9.06. The van der Waals surface area contributed by atoms with Crippen molar-refractivity contribution in [2.24, 2.45) is 5.92 Å². The molecule has 2 amide bonds. The zero-order valence-electron chi connectivity index (χ0n) is 11.3. The molecule has 6 nitrogen and oxygen atoms in total. The van der Waals surface area contributed by atoms with Crippen molar-refractivity contribution in [1.82, 2.24) is 10.2 Å². The van der Waals surface area contributed by atoms with Gasteiger partial charge in [0.05, 0.1) is 12.0 Å². The highest BCUT2D eigenvalue weighted by Crippen LogP contribution is 2.25. The van der Waals surface area contributed by atoms with E-state index in [4.69, 9.17) is 9.84 Å². The van der Waals surface area contributed by atoms with Gasteiger partial charge < -0.3 is 20.1 Å². The standard InChI is InChI=1S/C13H22N2O4/c1-15(8-11-3-2-6-19-11)13(18)14-10-5-4-9(7-10)12(16)17/h9-11H,2-8H2,1H3,(H,14,18)(H,16,17). The van der Waals surface area contributed by atoms with Crippen molar-refractivity contribution in [2.75, 3.05) is 20.2 Å². The van der Waals surface area contributed by atoms with Gasteiger partial charge in [0.2, 0.25) is 0 Å². The number of urea groups is 1. The van der Waals surface area contributed by atoms with Crippen molar-refractivity contribution in [2.45, 2.75) is 44.2 Å². The zero-order chi connectivity index (χ0) is 13.8. The lowest BCUT2D eigenvalue weighted by molar-refractivity contribution is -0.141. The smallest absolute Gasteiger partial charge is 0.317 e. The monoisotopic (exact) mass is 270 g/mol. The van der Waals surface area contributed by atoms with Gasteiger partial charge >= 0.3 is 12.0 Å². The van der Waals surface area contributed by atoms with Gasteiger partial charge in [-0.1, -0.05) is 0 Å². The van der Waals surface area contributed by atoms with Crippen LogP contribution in [0.5, 0.6) is 0 Å². The van der Waals surface area contributed by atoms with Gasteiger partial charge in [-0.2, -0.15) is 0 Å². The molecule has 0 aromatic rings. The fraction of sp³-hybridized carbons (Fsp3) is 0.846. The summed E-state index contributed by atoms with van der Waals surface area (Å²) < 4.78 is 5.49. The first-order valence-electron chi connectivity index (χ1n) is 6.92. The fourth-order valence-corrected chi connectivity index (χ4v) is 2.80. The third kappa shape index (κ3) is 3.83. The number of ether oxygens (including phenoxy) is 1. The van der Waals surface area contributed by atoms with Gasteiger partial charge in [-0.15, -0.1) is 0 Å². The third-order valence-electron chi connectivity index (χ3n) is 3.96. The van der Waals surface area contributed by atoms with E-state index in [-0.39, 0.29) is 24.1 Å². The molecule has 3 unspecified atom stereocenters. The summed E-state index contributed by atoms with van der Waals surface area (Å²) >= 11 is 0. The number of rotatable bonds is 4. The lowest BCUT2D eigenvalue weighted by Crippen LogP contribution is -2.44. The minimum atomic E-state index is -0.760. The molecule has 1 aliphatic carbocycles. The van der Waals surface area contributed by atoms with Crippen LogP contribution in [0.15, 0.2) is 0 Å². The van der Waals surface area contributed by atoms with Crippen molar-refractivity contribution < 1.29 is 19.4 Å². The van der Waals surface area contributed by atoms with Crippen molar-refractivity contribution >= 4 is 12.0 Å². The summed E-state index contributed by atoms with van der Waals surface area (Å²) in [6.45, 7) is 1.38. The van der Waals surface area contributed by atoms with Gasteiger partial charge in [0.15, 0.2) is 0 Å². The Bertz CT molecular complexity index is 342. The van der Waals surface area contributed by atoms with E-state index in [0.29, 0.717) is 19.4 Å². The summed E-state index contributed by atoms with van der Waals surface area (Å²) in [7, 11) is 1.75. The van der Waals surface area contributed by atoms with E-state index in [9.17, 15) is 9.59 Å². The van der Waals surface area contributed by atoms with Crippen LogP contribution in [0.1, 0.15) is 32.1 Å². The van der Waals surface area contributed by atoms with E-state index in [1.807, 2.05) is 0 Å². The van der Waals surface area contributed by atoms with E-state index in [2.05, 4.69) is 5.32 Å². The summed E-state index contributed by atoms with van der Waals surface area (Å²) in [5, 5.41) is 11.8. The number of nitrogens with one attached hydrogen (secondary N) is 1. The van der Waals surface area contributed by atoms with Gasteiger partial charge in [-0.05, 0) is 32.1 Å². The van der Waals surface area contributed by atoms with E-state index < -0.39 is 5.97 Å². The van der Waals surface area contributed by atoms with Crippen LogP contribution >= 0.6 is 0 Å². The molecule has 0 aromatic heterocycles. The molecular weight excluding hydrogens is 248 g/mol. The molecule has 1 saturated heterocycles. The molecule has 19 heavy (non-hydrogen) atoms. The Balaban J connectivity index is 1.73. The van der Waals surface area contributed by atoms with Crippen LogP contribution in [0.3, 0.4) is 0 Å². The molecule has 2 aliphatic rings. The molecule has 6 heteroatoms. The summed E-state index contributed by atoms with van der Waals surface area (Å²) in [6, 6.07) is -0.146. The summed E-state index contributed by atoms with van der Waals surface area (Å²) in [4.78, 5) is 24.5. The maximum absolute atomic E-state index is 12.0. The van der Waals surface area contributed by atoms with Crippen molar-refractivity contribution in [3.05, 3.63) is 0 Å². The second-order valence-electron chi connectivity index (χ2n) is 5.51. The molecule has 0 radical (unpaired) electrons. The lowest BCUT2D eigenvalue weighted by atomic mass is 10.1. The van der Waals surface area contributed by atoms with Crippen LogP contribution in [0.2, 0.25) is 0 Å². The van der Waals surface area contributed by atoms with Gasteiger partial charge in [-0.3, -0.25) is 4.79 Å². The Labute approximate surface area is 113 Å². The van der Waals surface area contributed by atoms with E-state index >= 15 is 0 Å². The molecule has 0 bridgehead atoms. The average molecular weight is 270 g/mol. The fourth-order valence-electron chi connectivity index (χ4n) is 2.80. The predicted molar refractivity (Wildman–Crippen MR) is 68.9 cm³/mol. The van der Waals surface area contributed by atoms with Crippen molar-refractivity contribution in [1.29, 1.82) is 0 Å². The normalized spacial score (nSPS) is 30.3. The Kier molecular flexibility index (Phi) is 4.63. The Morgan fingerprint density at radius 3 is 2.74 bits per heavy atom. The molecule has 0 spiro atoms. The molecule has 1 aliphatic heterocycles. The third-order valence-corrected chi connectivity index (χ3v) is 3.96. The van der Waals surface area contributed by atoms with Crippen LogP contribution in [0, 0.1) is 5.92 Å². The molecule has 1 heterocycles. The number of carbonyl (C=O) groups excluding carboxylic acids is 1. The molecule has 2 N–H and O–H groups in total. The van der Waals surface area contributed by atoms with Crippen LogP contribution in [-0.2, 0) is 9.53 Å². The number of hydrogen-bond acceptors (Lipinski definition) is 3. The molecular formula is C13H22N2O4. The van der Waals surface area contributed by atoms with Gasteiger partial charge in [0, 0.05) is 26.2 Å². The highest BCUT2D eigenvalue weighted by Gasteiger charge is 2.31. The van der Waals surface area contributed by atoms with Crippen molar-refractivity contribution in [3.63, 3.8) is 0 Å². The van der Waals surface area contributed by atoms with Gasteiger partial charge in [-0.25, -0.2) is 4.79 Å². The lowest BCUT2D eigenvalue weighted by Gasteiger charge is -2.23. The number of aliphatic carboxylic acids is 1. The van der Waals surface area contributed by atoms with Crippen LogP contribution in [0.25, 0.3) is 0 Å². The first-order valence-corrected chi connectivity index (χ1v) is 6.92. The number of carboxylic acids is 1. The molecule has 0 aromatic carbocycles. The Morgan fingerprint density at radius 2 is 2.16 bits per heavy atom. The molecule has 2 rings (SSSR count). The van der Waals surface area contributed by atoms with Gasteiger partial charge in [0.1, 0.15) is 0 Å².